The standard InChI is InChI=1S/C22H36F3NO3Si/c1-14(26-19(27)28)17(15-10-12-16(13-11-15)22(23,24)25)18(20(2,3)4)29-30(8,9)21(5,6)7/h10-14,17-18,26H,1-9H3,(H,27,28)/t14-,17-,18?/m0/s1. The number of alkyl halides is 3. The van der Waals surface area contributed by atoms with Gasteiger partial charge in [0, 0.05) is 12.0 Å². The van der Waals surface area contributed by atoms with Crippen molar-refractivity contribution in [2.45, 2.75) is 90.8 Å². The molecule has 0 aliphatic carbocycles. The quantitative estimate of drug-likeness (QED) is 0.467. The number of rotatable bonds is 6. The summed E-state index contributed by atoms with van der Waals surface area (Å²) in [6.45, 7) is 18.3. The molecule has 0 saturated heterocycles. The number of benzene rings is 1. The zero-order valence-corrected chi connectivity index (χ0v) is 20.4. The smallest absolute Gasteiger partial charge is 0.416 e. The molecule has 2 N–H and O–H groups in total. The first-order valence-corrected chi connectivity index (χ1v) is 13.0. The molecule has 0 heterocycles. The fourth-order valence-electron chi connectivity index (χ4n) is 3.19. The van der Waals surface area contributed by atoms with Crippen LogP contribution >= 0.6 is 0 Å². The first-order chi connectivity index (χ1) is 13.3. The van der Waals surface area contributed by atoms with Crippen LogP contribution in [0.3, 0.4) is 0 Å². The Kier molecular flexibility index (Phi) is 7.86. The molecule has 0 aromatic heterocycles. The lowest BCUT2D eigenvalue weighted by atomic mass is 9.75. The summed E-state index contributed by atoms with van der Waals surface area (Å²) in [5.41, 5.74) is -0.499. The van der Waals surface area contributed by atoms with Crippen LogP contribution in [0.4, 0.5) is 18.0 Å². The van der Waals surface area contributed by atoms with Gasteiger partial charge >= 0.3 is 12.3 Å². The van der Waals surface area contributed by atoms with Crippen LogP contribution in [-0.2, 0) is 10.6 Å². The molecule has 172 valence electrons. The highest BCUT2D eigenvalue weighted by Crippen LogP contribution is 2.44. The van der Waals surface area contributed by atoms with E-state index in [1.165, 1.54) is 12.1 Å². The summed E-state index contributed by atoms with van der Waals surface area (Å²) in [5.74, 6) is -0.461. The van der Waals surface area contributed by atoms with Crippen LogP contribution in [0.5, 0.6) is 0 Å². The molecule has 30 heavy (non-hydrogen) atoms. The molecule has 1 aromatic carbocycles. The molecule has 1 aromatic rings. The van der Waals surface area contributed by atoms with Crippen LogP contribution in [0.15, 0.2) is 24.3 Å². The number of amides is 1. The number of hydrogen-bond acceptors (Lipinski definition) is 2. The summed E-state index contributed by atoms with van der Waals surface area (Å²) in [4.78, 5) is 11.4. The summed E-state index contributed by atoms with van der Waals surface area (Å²) in [6, 6.07) is 4.39. The normalized spacial score (nSPS) is 16.7. The van der Waals surface area contributed by atoms with Gasteiger partial charge in [0.15, 0.2) is 8.32 Å². The third kappa shape index (κ3) is 6.73. The molecule has 3 atom stereocenters. The second-order valence-electron chi connectivity index (χ2n) is 10.5. The maximum absolute atomic E-state index is 13.0. The molecular weight excluding hydrogens is 411 g/mol. The Bertz CT molecular complexity index is 719. The Morgan fingerprint density at radius 3 is 1.83 bits per heavy atom. The molecule has 0 bridgehead atoms. The van der Waals surface area contributed by atoms with E-state index in [1.54, 1.807) is 6.92 Å². The minimum absolute atomic E-state index is 0.0787. The van der Waals surface area contributed by atoms with Crippen molar-refractivity contribution in [3.05, 3.63) is 35.4 Å². The van der Waals surface area contributed by atoms with Gasteiger partial charge in [-0.1, -0.05) is 53.7 Å². The third-order valence-corrected chi connectivity index (χ3v) is 10.4. The highest BCUT2D eigenvalue weighted by molar-refractivity contribution is 6.74. The molecule has 1 amide bonds. The minimum atomic E-state index is -4.43. The average molecular weight is 448 g/mol. The largest absolute Gasteiger partial charge is 0.465 e. The van der Waals surface area contributed by atoms with E-state index in [-0.39, 0.29) is 10.5 Å². The van der Waals surface area contributed by atoms with Crippen LogP contribution in [0.2, 0.25) is 18.1 Å². The summed E-state index contributed by atoms with van der Waals surface area (Å²) in [5, 5.41) is 11.7. The summed E-state index contributed by atoms with van der Waals surface area (Å²) in [7, 11) is -2.26. The maximum atomic E-state index is 13.0. The topological polar surface area (TPSA) is 58.6 Å². The van der Waals surface area contributed by atoms with Gasteiger partial charge in [-0.25, -0.2) is 4.79 Å². The number of carboxylic acid groups (broad SMARTS) is 1. The van der Waals surface area contributed by atoms with E-state index in [4.69, 9.17) is 4.43 Å². The fraction of sp³-hybridized carbons (Fsp3) is 0.682. The van der Waals surface area contributed by atoms with Crippen LogP contribution in [0.1, 0.15) is 65.5 Å². The Morgan fingerprint density at radius 1 is 1.03 bits per heavy atom. The number of halogens is 3. The molecule has 8 heteroatoms. The van der Waals surface area contributed by atoms with Crippen molar-refractivity contribution >= 4 is 14.4 Å². The van der Waals surface area contributed by atoms with E-state index >= 15 is 0 Å². The fourth-order valence-corrected chi connectivity index (χ4v) is 4.68. The molecule has 0 fully saturated rings. The van der Waals surface area contributed by atoms with Gasteiger partial charge in [0.25, 0.3) is 0 Å². The number of carbonyl (C=O) groups is 1. The van der Waals surface area contributed by atoms with Crippen LogP contribution in [0.25, 0.3) is 0 Å². The second kappa shape index (κ2) is 8.90. The second-order valence-corrected chi connectivity index (χ2v) is 15.3. The molecule has 0 aliphatic rings. The minimum Gasteiger partial charge on any atom is -0.465 e. The van der Waals surface area contributed by atoms with E-state index < -0.39 is 44.2 Å². The molecule has 4 nitrogen and oxygen atoms in total. The zero-order chi connectivity index (χ0) is 23.7. The van der Waals surface area contributed by atoms with Crippen LogP contribution in [-0.4, -0.2) is 31.7 Å². The highest BCUT2D eigenvalue weighted by atomic mass is 28.4. The van der Waals surface area contributed by atoms with Crippen molar-refractivity contribution < 1.29 is 27.5 Å². The third-order valence-electron chi connectivity index (χ3n) is 5.92. The Balaban J connectivity index is 3.54. The molecule has 0 aliphatic heterocycles. The predicted molar refractivity (Wildman–Crippen MR) is 116 cm³/mol. The summed E-state index contributed by atoms with van der Waals surface area (Å²) >= 11 is 0. The maximum Gasteiger partial charge on any atom is 0.416 e. The highest BCUT2D eigenvalue weighted by Gasteiger charge is 2.46. The van der Waals surface area contributed by atoms with Gasteiger partial charge in [-0.05, 0) is 48.2 Å². The first-order valence-electron chi connectivity index (χ1n) is 10.1. The molecule has 0 spiro atoms. The number of nitrogens with one attached hydrogen (secondary N) is 1. The van der Waals surface area contributed by atoms with Gasteiger partial charge in [0.2, 0.25) is 0 Å². The van der Waals surface area contributed by atoms with Gasteiger partial charge in [0.05, 0.1) is 11.7 Å². The molecule has 1 unspecified atom stereocenters. The molecular formula is C22H36F3NO3Si. The van der Waals surface area contributed by atoms with E-state index in [0.29, 0.717) is 5.56 Å². The Morgan fingerprint density at radius 2 is 1.50 bits per heavy atom. The Hall–Kier alpha value is -1.54. The molecule has 1 rings (SSSR count). The predicted octanol–water partition coefficient (Wildman–Crippen LogP) is 6.88. The zero-order valence-electron chi connectivity index (χ0n) is 19.4. The lowest BCUT2D eigenvalue weighted by Gasteiger charge is -2.47. The van der Waals surface area contributed by atoms with Crippen molar-refractivity contribution in [3.8, 4) is 0 Å². The van der Waals surface area contributed by atoms with Gasteiger partial charge < -0.3 is 14.8 Å². The van der Waals surface area contributed by atoms with Crippen molar-refractivity contribution in [2.24, 2.45) is 5.41 Å². The van der Waals surface area contributed by atoms with Gasteiger partial charge in [-0.2, -0.15) is 13.2 Å². The van der Waals surface area contributed by atoms with E-state index in [9.17, 15) is 23.1 Å². The van der Waals surface area contributed by atoms with Crippen LogP contribution < -0.4 is 5.32 Å². The summed E-state index contributed by atoms with van der Waals surface area (Å²) < 4.78 is 45.9. The first kappa shape index (κ1) is 26.5. The average Bonchev–Trinajstić information content (AvgIpc) is 2.51. The van der Waals surface area contributed by atoms with Crippen molar-refractivity contribution in [3.63, 3.8) is 0 Å². The van der Waals surface area contributed by atoms with Gasteiger partial charge in [-0.15, -0.1) is 0 Å². The monoisotopic (exact) mass is 447 g/mol. The van der Waals surface area contributed by atoms with E-state index in [1.807, 2.05) is 20.8 Å². The van der Waals surface area contributed by atoms with Crippen molar-refractivity contribution in [2.75, 3.05) is 0 Å². The van der Waals surface area contributed by atoms with Crippen molar-refractivity contribution in [1.82, 2.24) is 5.32 Å². The number of hydrogen-bond donors (Lipinski definition) is 2. The van der Waals surface area contributed by atoms with Gasteiger partial charge in [-0.3, -0.25) is 0 Å². The SMILES string of the molecule is C[C@H](NC(=O)O)[C@@H](c1ccc(C(F)(F)F)cc1)C(O[Si](C)(C)C(C)(C)C)C(C)(C)C. The van der Waals surface area contributed by atoms with Crippen molar-refractivity contribution in [1.29, 1.82) is 0 Å². The van der Waals surface area contributed by atoms with E-state index in [0.717, 1.165) is 12.1 Å². The molecule has 0 radical (unpaired) electrons. The Labute approximate surface area is 179 Å². The van der Waals surface area contributed by atoms with E-state index in [2.05, 4.69) is 39.2 Å². The van der Waals surface area contributed by atoms with Gasteiger partial charge in [0.1, 0.15) is 0 Å². The lowest BCUT2D eigenvalue weighted by Crippen LogP contribution is -2.53. The molecule has 0 saturated carbocycles. The van der Waals surface area contributed by atoms with Crippen LogP contribution in [0, 0.1) is 5.41 Å². The summed E-state index contributed by atoms with van der Waals surface area (Å²) in [6.07, 6.45) is -6.02. The lowest BCUT2D eigenvalue weighted by molar-refractivity contribution is -0.137.